The molecule has 0 saturated heterocycles. The third-order valence-electron chi connectivity index (χ3n) is 3.79. The lowest BCUT2D eigenvalue weighted by Gasteiger charge is -2.19. The van der Waals surface area contributed by atoms with E-state index in [9.17, 15) is 18.0 Å². The number of urea groups is 1. The summed E-state index contributed by atoms with van der Waals surface area (Å²) in [6.07, 6.45) is -4.55. The van der Waals surface area contributed by atoms with Gasteiger partial charge in [0.05, 0.1) is 18.4 Å². The van der Waals surface area contributed by atoms with Gasteiger partial charge in [-0.05, 0) is 33.0 Å². The Morgan fingerprint density at radius 2 is 2.00 bits per heavy atom. The van der Waals surface area contributed by atoms with Gasteiger partial charge in [0.15, 0.2) is 5.13 Å². The average Bonchev–Trinajstić information content (AvgIpc) is 3.00. The van der Waals surface area contributed by atoms with Gasteiger partial charge in [0.1, 0.15) is 5.75 Å². The molecule has 0 radical (unpaired) electrons. The zero-order valence-corrected chi connectivity index (χ0v) is 16.2. The minimum atomic E-state index is -4.55. The predicted octanol–water partition coefficient (Wildman–Crippen LogP) is 4.65. The Morgan fingerprint density at radius 1 is 1.30 bits per heavy atom. The van der Waals surface area contributed by atoms with Gasteiger partial charge in [0, 0.05) is 29.7 Å². The summed E-state index contributed by atoms with van der Waals surface area (Å²) in [7, 11) is 3.22. The molecule has 0 atom stereocenters. The maximum Gasteiger partial charge on any atom is 0.416 e. The number of hydrogen-bond acceptors (Lipinski definition) is 5. The largest absolute Gasteiger partial charge is 0.497 e. The molecule has 0 aliphatic carbocycles. The molecule has 0 aliphatic rings. The number of benzene rings is 1. The number of aromatic nitrogens is 1. The van der Waals surface area contributed by atoms with E-state index in [-0.39, 0.29) is 11.4 Å². The maximum absolute atomic E-state index is 12.9. The van der Waals surface area contributed by atoms with Crippen LogP contribution in [0.5, 0.6) is 5.75 Å². The first-order chi connectivity index (χ1) is 12.6. The summed E-state index contributed by atoms with van der Waals surface area (Å²) < 4.78 is 43.7. The number of rotatable bonds is 6. The average molecular weight is 402 g/mol. The number of anilines is 2. The molecule has 0 aliphatic heterocycles. The minimum absolute atomic E-state index is 0.00613. The summed E-state index contributed by atoms with van der Waals surface area (Å²) >= 11 is 1.24. The number of nitrogens with one attached hydrogen (secondary N) is 2. The summed E-state index contributed by atoms with van der Waals surface area (Å²) in [5.41, 5.74) is -0.145. The molecule has 6 nitrogen and oxygen atoms in total. The molecule has 2 rings (SSSR count). The quantitative estimate of drug-likeness (QED) is 0.738. The molecular formula is C17H21F3N4O2S. The Hall–Kier alpha value is -2.33. The number of alkyl halides is 3. The highest BCUT2D eigenvalue weighted by molar-refractivity contribution is 7.13. The Kier molecular flexibility index (Phi) is 6.66. The van der Waals surface area contributed by atoms with E-state index in [1.165, 1.54) is 24.5 Å². The number of carbonyl (C=O) groups is 1. The van der Waals surface area contributed by atoms with Gasteiger partial charge in [0.25, 0.3) is 0 Å². The maximum atomic E-state index is 12.9. The first kappa shape index (κ1) is 21.0. The van der Waals surface area contributed by atoms with Crippen LogP contribution in [0.3, 0.4) is 0 Å². The van der Waals surface area contributed by atoms with Crippen molar-refractivity contribution < 1.29 is 22.7 Å². The highest BCUT2D eigenvalue weighted by Gasteiger charge is 2.31. The molecule has 27 heavy (non-hydrogen) atoms. The number of carbonyl (C=O) groups excluding carboxylic acids is 1. The van der Waals surface area contributed by atoms with Crippen molar-refractivity contribution in [2.75, 3.05) is 24.8 Å². The van der Waals surface area contributed by atoms with Crippen molar-refractivity contribution in [2.24, 2.45) is 0 Å². The van der Waals surface area contributed by atoms with Crippen LogP contribution in [-0.2, 0) is 12.7 Å². The first-order valence-electron chi connectivity index (χ1n) is 8.07. The van der Waals surface area contributed by atoms with Crippen LogP contribution in [0.4, 0.5) is 28.8 Å². The number of ether oxygens (including phenoxy) is 1. The Labute approximate surface area is 159 Å². The lowest BCUT2D eigenvalue weighted by molar-refractivity contribution is -0.137. The fourth-order valence-corrected chi connectivity index (χ4v) is 2.78. The van der Waals surface area contributed by atoms with Gasteiger partial charge < -0.3 is 10.1 Å². The first-order valence-corrected chi connectivity index (χ1v) is 8.95. The molecule has 0 unspecified atom stereocenters. The Morgan fingerprint density at radius 3 is 2.59 bits per heavy atom. The van der Waals surface area contributed by atoms with Crippen molar-refractivity contribution in [3.8, 4) is 5.75 Å². The van der Waals surface area contributed by atoms with E-state index in [1.807, 2.05) is 12.4 Å². The molecule has 1 heterocycles. The number of methoxy groups -OCH3 is 1. The molecule has 2 aromatic rings. The standard InChI is InChI=1S/C17H21F3N4O2S/c1-10(2)24(3)8-13-9-27-16(22-13)23-15(25)21-12-5-11(17(18,19)20)6-14(7-12)26-4/h5-7,9-10H,8H2,1-4H3,(H2,21,22,23,25). The third-order valence-corrected chi connectivity index (χ3v) is 4.60. The molecule has 0 bridgehead atoms. The van der Waals surface area contributed by atoms with Crippen LogP contribution in [0, 0.1) is 0 Å². The van der Waals surface area contributed by atoms with Crippen LogP contribution >= 0.6 is 11.3 Å². The molecule has 148 valence electrons. The topological polar surface area (TPSA) is 66.5 Å². The number of nitrogens with zero attached hydrogens (tertiary/aromatic N) is 2. The minimum Gasteiger partial charge on any atom is -0.497 e. The van der Waals surface area contributed by atoms with Crippen molar-refractivity contribution >= 4 is 28.2 Å². The summed E-state index contributed by atoms with van der Waals surface area (Å²) in [4.78, 5) is 18.5. The fourth-order valence-electron chi connectivity index (χ4n) is 2.09. The summed E-state index contributed by atoms with van der Waals surface area (Å²) in [6, 6.07) is 2.67. The predicted molar refractivity (Wildman–Crippen MR) is 99.4 cm³/mol. The SMILES string of the molecule is COc1cc(NC(=O)Nc2nc(CN(C)C(C)C)cs2)cc(C(F)(F)F)c1. The third kappa shape index (κ3) is 6.10. The molecule has 1 aromatic heterocycles. The highest BCUT2D eigenvalue weighted by Crippen LogP contribution is 2.34. The van der Waals surface area contributed by atoms with E-state index in [0.29, 0.717) is 17.7 Å². The lowest BCUT2D eigenvalue weighted by Crippen LogP contribution is -2.25. The van der Waals surface area contributed by atoms with Gasteiger partial charge in [0.2, 0.25) is 0 Å². The second-order valence-corrected chi connectivity index (χ2v) is 7.04. The Bertz CT molecular complexity index is 793. The van der Waals surface area contributed by atoms with Crippen LogP contribution in [0.15, 0.2) is 23.6 Å². The van der Waals surface area contributed by atoms with E-state index in [2.05, 4.69) is 34.4 Å². The van der Waals surface area contributed by atoms with Gasteiger partial charge >= 0.3 is 12.2 Å². The van der Waals surface area contributed by atoms with Gasteiger partial charge in [-0.2, -0.15) is 13.2 Å². The van der Waals surface area contributed by atoms with Crippen molar-refractivity contribution in [3.63, 3.8) is 0 Å². The van der Waals surface area contributed by atoms with E-state index in [0.717, 1.165) is 17.8 Å². The second-order valence-electron chi connectivity index (χ2n) is 6.18. The second kappa shape index (κ2) is 8.57. The van der Waals surface area contributed by atoms with Crippen molar-refractivity contribution in [1.29, 1.82) is 0 Å². The zero-order chi connectivity index (χ0) is 20.2. The van der Waals surface area contributed by atoms with Crippen LogP contribution in [0.25, 0.3) is 0 Å². The van der Waals surface area contributed by atoms with Crippen LogP contribution < -0.4 is 15.4 Å². The highest BCUT2D eigenvalue weighted by atomic mass is 32.1. The van der Waals surface area contributed by atoms with Crippen molar-refractivity contribution in [3.05, 3.63) is 34.8 Å². The molecule has 0 saturated carbocycles. The summed E-state index contributed by atoms with van der Waals surface area (Å²) in [6.45, 7) is 4.74. The molecule has 0 fully saturated rings. The summed E-state index contributed by atoms with van der Waals surface area (Å²) in [5.74, 6) is -0.00613. The van der Waals surface area contributed by atoms with Crippen molar-refractivity contribution in [2.45, 2.75) is 32.6 Å². The van der Waals surface area contributed by atoms with E-state index < -0.39 is 17.8 Å². The molecule has 1 aromatic carbocycles. The van der Waals surface area contributed by atoms with Crippen molar-refractivity contribution in [1.82, 2.24) is 9.88 Å². The normalized spacial score (nSPS) is 11.7. The van der Waals surface area contributed by atoms with Gasteiger partial charge in [-0.15, -0.1) is 11.3 Å². The monoisotopic (exact) mass is 402 g/mol. The lowest BCUT2D eigenvalue weighted by atomic mass is 10.2. The Balaban J connectivity index is 2.05. The van der Waals surface area contributed by atoms with Gasteiger partial charge in [-0.25, -0.2) is 9.78 Å². The van der Waals surface area contributed by atoms with E-state index in [1.54, 1.807) is 0 Å². The number of thiazole rings is 1. The zero-order valence-electron chi connectivity index (χ0n) is 15.3. The van der Waals surface area contributed by atoms with Gasteiger partial charge in [-0.1, -0.05) is 0 Å². The number of amides is 2. The van der Waals surface area contributed by atoms with E-state index >= 15 is 0 Å². The molecule has 2 N–H and O–H groups in total. The van der Waals surface area contributed by atoms with Crippen LogP contribution in [0.2, 0.25) is 0 Å². The van der Waals surface area contributed by atoms with Crippen LogP contribution in [0.1, 0.15) is 25.1 Å². The van der Waals surface area contributed by atoms with E-state index in [4.69, 9.17) is 4.74 Å². The van der Waals surface area contributed by atoms with Gasteiger partial charge in [-0.3, -0.25) is 10.2 Å². The molecular weight excluding hydrogens is 381 g/mol. The molecule has 0 spiro atoms. The smallest absolute Gasteiger partial charge is 0.416 e. The van der Waals surface area contributed by atoms with Crippen LogP contribution in [-0.4, -0.2) is 36.1 Å². The summed E-state index contributed by atoms with van der Waals surface area (Å²) in [5, 5.41) is 7.08. The number of hydrogen-bond donors (Lipinski definition) is 2. The number of halogens is 3. The molecule has 2 amide bonds. The fraction of sp³-hybridized carbons (Fsp3) is 0.412. The molecule has 10 heteroatoms.